The molecule has 1 atom stereocenters. The number of hydrogen-bond donors (Lipinski definition) is 1. The molecule has 0 saturated heterocycles. The zero-order valence-corrected chi connectivity index (χ0v) is 17.1. The van der Waals surface area contributed by atoms with E-state index in [-0.39, 0.29) is 37.5 Å². The topological polar surface area (TPSA) is 84.9 Å². The predicted octanol–water partition coefficient (Wildman–Crippen LogP) is 3.20. The maximum Gasteiger partial charge on any atom is 0.411 e. The van der Waals surface area contributed by atoms with E-state index in [1.807, 2.05) is 30.3 Å². The molecule has 0 radical (unpaired) electrons. The SMILES string of the molecule is CCOC(=O)CC(NC(=O)CN(C(=O)OC(C)(C)C)C1CC1)c1ccccc1. The second-order valence-electron chi connectivity index (χ2n) is 7.88. The Morgan fingerprint density at radius 2 is 1.82 bits per heavy atom. The van der Waals surface area contributed by atoms with E-state index in [9.17, 15) is 14.4 Å². The van der Waals surface area contributed by atoms with Gasteiger partial charge in [-0.1, -0.05) is 30.3 Å². The van der Waals surface area contributed by atoms with Gasteiger partial charge >= 0.3 is 12.1 Å². The summed E-state index contributed by atoms with van der Waals surface area (Å²) in [6, 6.07) is 8.75. The van der Waals surface area contributed by atoms with Gasteiger partial charge in [-0.2, -0.15) is 0 Å². The van der Waals surface area contributed by atoms with E-state index < -0.39 is 17.7 Å². The Morgan fingerprint density at radius 1 is 1.18 bits per heavy atom. The second-order valence-corrected chi connectivity index (χ2v) is 7.88. The van der Waals surface area contributed by atoms with E-state index in [1.54, 1.807) is 27.7 Å². The third-order valence-electron chi connectivity index (χ3n) is 4.14. The van der Waals surface area contributed by atoms with Crippen molar-refractivity contribution >= 4 is 18.0 Å². The lowest BCUT2D eigenvalue weighted by Crippen LogP contribution is -2.45. The van der Waals surface area contributed by atoms with Gasteiger partial charge in [0.2, 0.25) is 5.91 Å². The Balaban J connectivity index is 2.04. The van der Waals surface area contributed by atoms with Crippen LogP contribution in [0.2, 0.25) is 0 Å². The van der Waals surface area contributed by atoms with Crippen molar-refractivity contribution in [2.75, 3.05) is 13.2 Å². The monoisotopic (exact) mass is 390 g/mol. The number of esters is 1. The first-order valence-electron chi connectivity index (χ1n) is 9.69. The van der Waals surface area contributed by atoms with Crippen LogP contribution in [0.4, 0.5) is 4.79 Å². The summed E-state index contributed by atoms with van der Waals surface area (Å²) in [7, 11) is 0. The summed E-state index contributed by atoms with van der Waals surface area (Å²) in [5, 5.41) is 2.86. The van der Waals surface area contributed by atoms with Crippen molar-refractivity contribution in [2.24, 2.45) is 0 Å². The molecule has 1 aromatic carbocycles. The molecular weight excluding hydrogens is 360 g/mol. The Bertz CT molecular complexity index is 680. The molecule has 154 valence electrons. The van der Waals surface area contributed by atoms with Crippen LogP contribution in [0.25, 0.3) is 0 Å². The van der Waals surface area contributed by atoms with E-state index in [4.69, 9.17) is 9.47 Å². The molecule has 1 N–H and O–H groups in total. The fourth-order valence-electron chi connectivity index (χ4n) is 2.77. The minimum Gasteiger partial charge on any atom is -0.466 e. The summed E-state index contributed by atoms with van der Waals surface area (Å²) in [6.45, 7) is 7.29. The van der Waals surface area contributed by atoms with Crippen LogP contribution in [-0.2, 0) is 19.1 Å². The van der Waals surface area contributed by atoms with Crippen LogP contribution in [0.5, 0.6) is 0 Å². The first-order chi connectivity index (χ1) is 13.2. The number of benzene rings is 1. The van der Waals surface area contributed by atoms with Gasteiger partial charge in [-0.05, 0) is 46.1 Å². The lowest BCUT2D eigenvalue weighted by molar-refractivity contribution is -0.143. The second kappa shape index (κ2) is 9.57. The molecule has 7 heteroatoms. The van der Waals surface area contributed by atoms with Crippen LogP contribution in [0.15, 0.2) is 30.3 Å². The van der Waals surface area contributed by atoms with E-state index in [2.05, 4.69) is 5.32 Å². The summed E-state index contributed by atoms with van der Waals surface area (Å²) in [4.78, 5) is 38.5. The Hall–Kier alpha value is -2.57. The predicted molar refractivity (Wildman–Crippen MR) is 105 cm³/mol. The van der Waals surface area contributed by atoms with Crippen molar-refractivity contribution in [1.29, 1.82) is 0 Å². The first kappa shape index (κ1) is 21.7. The van der Waals surface area contributed by atoms with Crippen LogP contribution in [0.3, 0.4) is 0 Å². The number of rotatable bonds is 8. The molecule has 1 aliphatic carbocycles. The maximum absolute atomic E-state index is 12.7. The highest BCUT2D eigenvalue weighted by molar-refractivity contribution is 5.83. The molecule has 2 amide bonds. The van der Waals surface area contributed by atoms with Gasteiger partial charge in [0.15, 0.2) is 0 Å². The zero-order valence-electron chi connectivity index (χ0n) is 17.1. The highest BCUT2D eigenvalue weighted by Crippen LogP contribution is 2.28. The smallest absolute Gasteiger partial charge is 0.411 e. The number of amides is 2. The van der Waals surface area contributed by atoms with Crippen molar-refractivity contribution in [3.63, 3.8) is 0 Å². The van der Waals surface area contributed by atoms with Gasteiger partial charge in [0.1, 0.15) is 12.1 Å². The van der Waals surface area contributed by atoms with Crippen LogP contribution >= 0.6 is 0 Å². The van der Waals surface area contributed by atoms with E-state index in [1.165, 1.54) is 4.90 Å². The number of carbonyl (C=O) groups excluding carboxylic acids is 3. The lowest BCUT2D eigenvalue weighted by Gasteiger charge is -2.28. The lowest BCUT2D eigenvalue weighted by atomic mass is 10.0. The number of nitrogens with zero attached hydrogens (tertiary/aromatic N) is 1. The van der Waals surface area contributed by atoms with Crippen molar-refractivity contribution < 1.29 is 23.9 Å². The molecule has 7 nitrogen and oxygen atoms in total. The fraction of sp³-hybridized carbons (Fsp3) is 0.571. The minimum atomic E-state index is -0.628. The van der Waals surface area contributed by atoms with Crippen molar-refractivity contribution in [3.05, 3.63) is 35.9 Å². The van der Waals surface area contributed by atoms with Gasteiger partial charge in [0.25, 0.3) is 0 Å². The molecule has 0 bridgehead atoms. The number of carbonyl (C=O) groups is 3. The first-order valence-corrected chi connectivity index (χ1v) is 9.69. The average molecular weight is 390 g/mol. The molecule has 1 aromatic rings. The van der Waals surface area contributed by atoms with Gasteiger partial charge < -0.3 is 14.8 Å². The van der Waals surface area contributed by atoms with Gasteiger partial charge in [-0.3, -0.25) is 14.5 Å². The van der Waals surface area contributed by atoms with Gasteiger partial charge in [-0.15, -0.1) is 0 Å². The van der Waals surface area contributed by atoms with E-state index in [0.717, 1.165) is 18.4 Å². The summed E-state index contributed by atoms with van der Waals surface area (Å²) in [6.07, 6.45) is 1.25. The van der Waals surface area contributed by atoms with E-state index >= 15 is 0 Å². The van der Waals surface area contributed by atoms with Gasteiger partial charge in [-0.25, -0.2) is 4.79 Å². The molecule has 1 aliphatic rings. The molecule has 28 heavy (non-hydrogen) atoms. The minimum absolute atomic E-state index is 0.0272. The summed E-state index contributed by atoms with van der Waals surface area (Å²) >= 11 is 0. The normalized spacial score (nSPS) is 14.7. The molecule has 0 aromatic heterocycles. The Labute approximate surface area is 166 Å². The van der Waals surface area contributed by atoms with Gasteiger partial charge in [0, 0.05) is 6.04 Å². The van der Waals surface area contributed by atoms with Crippen molar-refractivity contribution in [1.82, 2.24) is 10.2 Å². The van der Waals surface area contributed by atoms with Crippen LogP contribution in [0.1, 0.15) is 58.6 Å². The molecular formula is C21H30N2O5. The average Bonchev–Trinajstić information content (AvgIpc) is 3.43. The number of hydrogen-bond acceptors (Lipinski definition) is 5. The Kier molecular flexibility index (Phi) is 7.43. The third-order valence-corrected chi connectivity index (χ3v) is 4.14. The van der Waals surface area contributed by atoms with Gasteiger partial charge in [0.05, 0.1) is 19.1 Å². The molecule has 1 unspecified atom stereocenters. The Morgan fingerprint density at radius 3 is 2.36 bits per heavy atom. The van der Waals surface area contributed by atoms with Crippen LogP contribution < -0.4 is 5.32 Å². The number of nitrogens with one attached hydrogen (secondary N) is 1. The van der Waals surface area contributed by atoms with E-state index in [0.29, 0.717) is 0 Å². The molecule has 1 saturated carbocycles. The molecule has 1 fully saturated rings. The largest absolute Gasteiger partial charge is 0.466 e. The highest BCUT2D eigenvalue weighted by Gasteiger charge is 2.36. The third kappa shape index (κ3) is 7.21. The summed E-state index contributed by atoms with van der Waals surface area (Å²) < 4.78 is 10.4. The summed E-state index contributed by atoms with van der Waals surface area (Å²) in [5.41, 5.74) is 0.177. The molecule has 2 rings (SSSR count). The van der Waals surface area contributed by atoms with Crippen molar-refractivity contribution in [3.8, 4) is 0 Å². The zero-order chi connectivity index (χ0) is 20.7. The van der Waals surface area contributed by atoms with Crippen LogP contribution in [0, 0.1) is 0 Å². The van der Waals surface area contributed by atoms with Crippen molar-refractivity contribution in [2.45, 2.75) is 64.6 Å². The standard InChI is InChI=1S/C21H30N2O5/c1-5-27-19(25)13-17(15-9-7-6-8-10-15)22-18(24)14-23(16-11-12-16)20(26)28-21(2,3)4/h6-10,16-17H,5,11-14H2,1-4H3,(H,22,24). The maximum atomic E-state index is 12.7. The number of ether oxygens (including phenoxy) is 2. The van der Waals surface area contributed by atoms with Crippen LogP contribution in [-0.4, -0.2) is 47.7 Å². The fourth-order valence-corrected chi connectivity index (χ4v) is 2.77. The highest BCUT2D eigenvalue weighted by atomic mass is 16.6. The molecule has 0 spiro atoms. The molecule has 0 heterocycles. The molecule has 0 aliphatic heterocycles. The summed E-state index contributed by atoms with van der Waals surface area (Å²) in [5.74, 6) is -0.723. The quantitative estimate of drug-likeness (QED) is 0.689.